The van der Waals surface area contributed by atoms with Crippen molar-refractivity contribution in [3.8, 4) is 0 Å². The minimum Gasteiger partial charge on any atom is -0.350 e. The lowest BCUT2D eigenvalue weighted by atomic mass is 10.1. The van der Waals surface area contributed by atoms with Crippen molar-refractivity contribution in [2.24, 2.45) is 0 Å². The summed E-state index contributed by atoms with van der Waals surface area (Å²) in [5, 5.41) is 3.35. The van der Waals surface area contributed by atoms with Crippen molar-refractivity contribution in [2.45, 2.75) is 32.4 Å². The maximum absolute atomic E-state index is 12.8. The predicted molar refractivity (Wildman–Crippen MR) is 63.1 cm³/mol. The van der Waals surface area contributed by atoms with Gasteiger partial charge in [-0.15, -0.1) is 0 Å². The number of nitrogens with one attached hydrogen (secondary N) is 1. The van der Waals surface area contributed by atoms with Gasteiger partial charge in [-0.3, -0.25) is 0 Å². The van der Waals surface area contributed by atoms with Gasteiger partial charge in [0, 0.05) is 18.6 Å². The third-order valence-corrected chi connectivity index (χ3v) is 2.96. The summed E-state index contributed by atoms with van der Waals surface area (Å²) in [4.78, 5) is 6.43. The molecule has 2 rings (SSSR count). The molecule has 4 heteroatoms. The summed E-state index contributed by atoms with van der Waals surface area (Å²) < 4.78 is 12.8. The maximum Gasteiger partial charge on any atom is 0.141 e. The van der Waals surface area contributed by atoms with Crippen LogP contribution in [0.5, 0.6) is 0 Å². The zero-order valence-corrected chi connectivity index (χ0v) is 9.78. The predicted octanol–water partition coefficient (Wildman–Crippen LogP) is 1.80. The molecular weight excluding hydrogens is 205 g/mol. The number of hydrogen-bond acceptors (Lipinski definition) is 3. The SMILES string of the molecule is CC(C)N(c1ccc(F)cn1)C1CCNC1. The molecule has 0 spiro atoms. The smallest absolute Gasteiger partial charge is 0.141 e. The molecule has 3 nitrogen and oxygen atoms in total. The van der Waals surface area contributed by atoms with Crippen molar-refractivity contribution in [3.05, 3.63) is 24.1 Å². The Balaban J connectivity index is 2.21. The van der Waals surface area contributed by atoms with Gasteiger partial charge in [0.05, 0.1) is 6.20 Å². The van der Waals surface area contributed by atoms with Crippen LogP contribution in [0.4, 0.5) is 10.2 Å². The summed E-state index contributed by atoms with van der Waals surface area (Å²) in [6.07, 6.45) is 2.41. The normalized spacial score (nSPS) is 20.4. The molecule has 0 aromatic carbocycles. The summed E-state index contributed by atoms with van der Waals surface area (Å²) in [6, 6.07) is 4.08. The van der Waals surface area contributed by atoms with Crippen LogP contribution in [0.2, 0.25) is 0 Å². The van der Waals surface area contributed by atoms with E-state index in [4.69, 9.17) is 0 Å². The van der Waals surface area contributed by atoms with Gasteiger partial charge >= 0.3 is 0 Å². The Labute approximate surface area is 95.7 Å². The van der Waals surface area contributed by atoms with Gasteiger partial charge in [0.1, 0.15) is 11.6 Å². The molecular formula is C12H18FN3. The molecule has 1 atom stereocenters. The monoisotopic (exact) mass is 223 g/mol. The van der Waals surface area contributed by atoms with Crippen LogP contribution < -0.4 is 10.2 Å². The molecule has 1 unspecified atom stereocenters. The molecule has 1 saturated heterocycles. The Bertz CT molecular complexity index is 331. The number of aromatic nitrogens is 1. The third-order valence-electron chi connectivity index (χ3n) is 2.96. The first kappa shape index (κ1) is 11.3. The first-order chi connectivity index (χ1) is 7.68. The average Bonchev–Trinajstić information content (AvgIpc) is 2.74. The third kappa shape index (κ3) is 2.32. The van der Waals surface area contributed by atoms with Crippen LogP contribution in [-0.2, 0) is 0 Å². The summed E-state index contributed by atoms with van der Waals surface area (Å²) in [7, 11) is 0. The van der Waals surface area contributed by atoms with Gasteiger partial charge in [-0.25, -0.2) is 9.37 Å². The second-order valence-electron chi connectivity index (χ2n) is 4.48. The average molecular weight is 223 g/mol. The van der Waals surface area contributed by atoms with E-state index in [1.54, 1.807) is 6.07 Å². The van der Waals surface area contributed by atoms with Crippen molar-refractivity contribution in [3.63, 3.8) is 0 Å². The lowest BCUT2D eigenvalue weighted by Gasteiger charge is -2.33. The van der Waals surface area contributed by atoms with Gasteiger partial charge in [0.15, 0.2) is 0 Å². The Morgan fingerprint density at radius 1 is 1.50 bits per heavy atom. The van der Waals surface area contributed by atoms with Crippen LogP contribution in [0.1, 0.15) is 20.3 Å². The molecule has 0 bridgehead atoms. The Kier molecular flexibility index (Phi) is 3.39. The van der Waals surface area contributed by atoms with E-state index in [-0.39, 0.29) is 5.82 Å². The molecule has 0 saturated carbocycles. The van der Waals surface area contributed by atoms with Crippen LogP contribution in [0.25, 0.3) is 0 Å². The molecule has 0 radical (unpaired) electrons. The van der Waals surface area contributed by atoms with E-state index >= 15 is 0 Å². The number of rotatable bonds is 3. The van der Waals surface area contributed by atoms with E-state index in [1.807, 2.05) is 0 Å². The molecule has 1 aliphatic heterocycles. The number of nitrogens with zero attached hydrogens (tertiary/aromatic N) is 2. The molecule has 1 aromatic heterocycles. The van der Waals surface area contributed by atoms with Crippen molar-refractivity contribution in [1.82, 2.24) is 10.3 Å². The Morgan fingerprint density at radius 3 is 2.81 bits per heavy atom. The number of halogens is 1. The molecule has 2 heterocycles. The zero-order valence-electron chi connectivity index (χ0n) is 9.78. The van der Waals surface area contributed by atoms with E-state index in [0.29, 0.717) is 12.1 Å². The zero-order chi connectivity index (χ0) is 11.5. The van der Waals surface area contributed by atoms with E-state index in [1.165, 1.54) is 12.3 Å². The van der Waals surface area contributed by atoms with Crippen LogP contribution in [0, 0.1) is 5.82 Å². The van der Waals surface area contributed by atoms with Crippen LogP contribution >= 0.6 is 0 Å². The molecule has 0 amide bonds. The highest BCUT2D eigenvalue weighted by Crippen LogP contribution is 2.20. The van der Waals surface area contributed by atoms with E-state index in [9.17, 15) is 4.39 Å². The lowest BCUT2D eigenvalue weighted by molar-refractivity contribution is 0.562. The molecule has 0 aliphatic carbocycles. The highest BCUT2D eigenvalue weighted by atomic mass is 19.1. The van der Waals surface area contributed by atoms with E-state index in [2.05, 4.69) is 29.0 Å². The first-order valence-corrected chi connectivity index (χ1v) is 5.79. The Hall–Kier alpha value is -1.16. The summed E-state index contributed by atoms with van der Waals surface area (Å²) >= 11 is 0. The van der Waals surface area contributed by atoms with Crippen LogP contribution in [-0.4, -0.2) is 30.2 Å². The molecule has 88 valence electrons. The van der Waals surface area contributed by atoms with Gasteiger partial charge < -0.3 is 10.2 Å². The quantitative estimate of drug-likeness (QED) is 0.847. The first-order valence-electron chi connectivity index (χ1n) is 5.79. The van der Waals surface area contributed by atoms with E-state index in [0.717, 1.165) is 25.3 Å². The summed E-state index contributed by atoms with van der Waals surface area (Å²) in [5.41, 5.74) is 0. The standard InChI is InChI=1S/C12H18FN3/c1-9(2)16(11-5-6-14-8-11)12-4-3-10(13)7-15-12/h3-4,7,9,11,14H,5-6,8H2,1-2H3. The molecule has 1 fully saturated rings. The van der Waals surface area contributed by atoms with Crippen molar-refractivity contribution in [2.75, 3.05) is 18.0 Å². The molecule has 1 aromatic rings. The van der Waals surface area contributed by atoms with Gasteiger partial charge in [-0.1, -0.05) is 0 Å². The molecule has 1 aliphatic rings. The number of pyridine rings is 1. The van der Waals surface area contributed by atoms with Crippen LogP contribution in [0.3, 0.4) is 0 Å². The lowest BCUT2D eigenvalue weighted by Crippen LogP contribution is -2.42. The fraction of sp³-hybridized carbons (Fsp3) is 0.583. The minimum atomic E-state index is -0.281. The topological polar surface area (TPSA) is 28.2 Å². The van der Waals surface area contributed by atoms with Crippen molar-refractivity contribution >= 4 is 5.82 Å². The van der Waals surface area contributed by atoms with Crippen LogP contribution in [0.15, 0.2) is 18.3 Å². The van der Waals surface area contributed by atoms with Gasteiger partial charge in [0.2, 0.25) is 0 Å². The van der Waals surface area contributed by atoms with Gasteiger partial charge in [-0.2, -0.15) is 0 Å². The van der Waals surface area contributed by atoms with Crippen molar-refractivity contribution < 1.29 is 4.39 Å². The highest BCUT2D eigenvalue weighted by Gasteiger charge is 2.25. The highest BCUT2D eigenvalue weighted by molar-refractivity contribution is 5.41. The number of hydrogen-bond donors (Lipinski definition) is 1. The van der Waals surface area contributed by atoms with Gasteiger partial charge in [-0.05, 0) is 38.9 Å². The Morgan fingerprint density at radius 2 is 2.31 bits per heavy atom. The summed E-state index contributed by atoms with van der Waals surface area (Å²) in [6.45, 7) is 6.32. The second-order valence-corrected chi connectivity index (χ2v) is 4.48. The molecule has 16 heavy (non-hydrogen) atoms. The summed E-state index contributed by atoms with van der Waals surface area (Å²) in [5.74, 6) is 0.585. The fourth-order valence-corrected chi connectivity index (χ4v) is 2.27. The van der Waals surface area contributed by atoms with Crippen molar-refractivity contribution in [1.29, 1.82) is 0 Å². The maximum atomic E-state index is 12.8. The largest absolute Gasteiger partial charge is 0.350 e. The van der Waals surface area contributed by atoms with Gasteiger partial charge in [0.25, 0.3) is 0 Å². The molecule has 1 N–H and O–H groups in total. The van der Waals surface area contributed by atoms with E-state index < -0.39 is 0 Å². The fourth-order valence-electron chi connectivity index (χ4n) is 2.27. The minimum absolute atomic E-state index is 0.281. The number of anilines is 1. The second kappa shape index (κ2) is 4.78.